The van der Waals surface area contributed by atoms with Crippen molar-refractivity contribution in [3.8, 4) is 11.4 Å². The third kappa shape index (κ3) is 2.99. The van der Waals surface area contributed by atoms with E-state index in [1.807, 2.05) is 6.07 Å². The topological polar surface area (TPSA) is 29.0 Å². The number of hydrogen-bond donors (Lipinski definition) is 0. The standard InChI is InChI=1S/C19H25N3/c1-15(2)19(3)9-13-22(14-10-19)17-7-5-16(6-8-17)18-20-11-4-12-21-18/h4-8,11-12,15H,9-10,13-14H2,1-3H3. The average molecular weight is 295 g/mol. The van der Waals surface area contributed by atoms with Gasteiger partial charge in [0.15, 0.2) is 5.82 Å². The van der Waals surface area contributed by atoms with E-state index in [0.29, 0.717) is 5.41 Å². The quantitative estimate of drug-likeness (QED) is 0.840. The van der Waals surface area contributed by atoms with E-state index in [9.17, 15) is 0 Å². The summed E-state index contributed by atoms with van der Waals surface area (Å²) in [7, 11) is 0. The molecule has 2 heterocycles. The van der Waals surface area contributed by atoms with Gasteiger partial charge in [-0.05, 0) is 54.5 Å². The first-order valence-corrected chi connectivity index (χ1v) is 8.21. The molecule has 0 unspecified atom stereocenters. The molecule has 1 fully saturated rings. The van der Waals surface area contributed by atoms with Crippen LogP contribution in [-0.2, 0) is 0 Å². The van der Waals surface area contributed by atoms with Gasteiger partial charge in [-0.2, -0.15) is 0 Å². The zero-order valence-corrected chi connectivity index (χ0v) is 13.8. The highest BCUT2D eigenvalue weighted by Crippen LogP contribution is 2.39. The van der Waals surface area contributed by atoms with E-state index in [2.05, 4.69) is 59.9 Å². The van der Waals surface area contributed by atoms with Gasteiger partial charge in [0, 0.05) is 36.7 Å². The molecule has 22 heavy (non-hydrogen) atoms. The third-order valence-corrected chi connectivity index (χ3v) is 5.36. The summed E-state index contributed by atoms with van der Waals surface area (Å²) in [5.41, 5.74) is 2.88. The zero-order valence-electron chi connectivity index (χ0n) is 13.8. The summed E-state index contributed by atoms with van der Waals surface area (Å²) in [6, 6.07) is 10.5. The van der Waals surface area contributed by atoms with E-state index < -0.39 is 0 Å². The van der Waals surface area contributed by atoms with Gasteiger partial charge in [0.1, 0.15) is 0 Å². The molecule has 1 aliphatic rings. The van der Waals surface area contributed by atoms with Gasteiger partial charge >= 0.3 is 0 Å². The largest absolute Gasteiger partial charge is 0.371 e. The first-order valence-electron chi connectivity index (χ1n) is 8.21. The van der Waals surface area contributed by atoms with Crippen LogP contribution in [0.3, 0.4) is 0 Å². The Balaban J connectivity index is 1.70. The lowest BCUT2D eigenvalue weighted by Gasteiger charge is -2.43. The van der Waals surface area contributed by atoms with Gasteiger partial charge in [-0.25, -0.2) is 9.97 Å². The molecule has 0 bridgehead atoms. The fourth-order valence-corrected chi connectivity index (χ4v) is 3.12. The number of anilines is 1. The van der Waals surface area contributed by atoms with Crippen LogP contribution in [0.25, 0.3) is 11.4 Å². The molecule has 0 amide bonds. The molecule has 2 aromatic rings. The molecule has 0 radical (unpaired) electrons. The van der Waals surface area contributed by atoms with Crippen molar-refractivity contribution in [1.82, 2.24) is 9.97 Å². The van der Waals surface area contributed by atoms with Crippen LogP contribution in [0, 0.1) is 11.3 Å². The summed E-state index contributed by atoms with van der Waals surface area (Å²) in [6.07, 6.45) is 6.11. The Morgan fingerprint density at radius 1 is 1.00 bits per heavy atom. The number of hydrogen-bond acceptors (Lipinski definition) is 3. The molecular weight excluding hydrogens is 270 g/mol. The number of benzene rings is 1. The molecule has 0 spiro atoms. The van der Waals surface area contributed by atoms with Crippen LogP contribution in [0.1, 0.15) is 33.6 Å². The lowest BCUT2D eigenvalue weighted by molar-refractivity contribution is 0.166. The number of nitrogens with zero attached hydrogens (tertiary/aromatic N) is 3. The van der Waals surface area contributed by atoms with Crippen molar-refractivity contribution in [3.05, 3.63) is 42.7 Å². The predicted octanol–water partition coefficient (Wildman–Crippen LogP) is 4.41. The Hall–Kier alpha value is -1.90. The molecule has 116 valence electrons. The number of piperidine rings is 1. The maximum atomic E-state index is 4.30. The van der Waals surface area contributed by atoms with Gasteiger partial charge in [0.2, 0.25) is 0 Å². The normalized spacial score (nSPS) is 17.7. The fourth-order valence-electron chi connectivity index (χ4n) is 3.12. The van der Waals surface area contributed by atoms with Gasteiger partial charge < -0.3 is 4.90 Å². The average Bonchev–Trinajstić information content (AvgIpc) is 2.56. The Bertz CT molecular complexity index is 596. The van der Waals surface area contributed by atoms with Gasteiger partial charge in [0.05, 0.1) is 0 Å². The smallest absolute Gasteiger partial charge is 0.159 e. The van der Waals surface area contributed by atoms with Crippen molar-refractivity contribution in [2.24, 2.45) is 11.3 Å². The molecule has 3 nitrogen and oxygen atoms in total. The van der Waals surface area contributed by atoms with E-state index >= 15 is 0 Å². The summed E-state index contributed by atoms with van der Waals surface area (Å²) in [6.45, 7) is 9.44. The SMILES string of the molecule is CC(C)C1(C)CCN(c2ccc(-c3ncccn3)cc2)CC1. The van der Waals surface area contributed by atoms with Crippen LogP contribution in [0.15, 0.2) is 42.7 Å². The maximum absolute atomic E-state index is 4.30. The van der Waals surface area contributed by atoms with E-state index in [0.717, 1.165) is 30.4 Å². The highest BCUT2D eigenvalue weighted by atomic mass is 15.1. The first kappa shape index (κ1) is 15.0. The number of rotatable bonds is 3. The minimum absolute atomic E-state index is 0.494. The molecule has 1 aromatic carbocycles. The van der Waals surface area contributed by atoms with Crippen LogP contribution in [0.4, 0.5) is 5.69 Å². The molecule has 1 aliphatic heterocycles. The lowest BCUT2D eigenvalue weighted by Crippen LogP contribution is -2.41. The summed E-state index contributed by atoms with van der Waals surface area (Å²) in [5.74, 6) is 1.55. The summed E-state index contributed by atoms with van der Waals surface area (Å²) >= 11 is 0. The number of aromatic nitrogens is 2. The second kappa shape index (κ2) is 6.07. The zero-order chi connectivity index (χ0) is 15.6. The Morgan fingerprint density at radius 3 is 2.14 bits per heavy atom. The van der Waals surface area contributed by atoms with Gasteiger partial charge in [-0.3, -0.25) is 0 Å². The van der Waals surface area contributed by atoms with Crippen LogP contribution in [0.2, 0.25) is 0 Å². The van der Waals surface area contributed by atoms with Crippen LogP contribution < -0.4 is 4.90 Å². The second-order valence-corrected chi connectivity index (χ2v) is 6.92. The Labute approximate surface area is 133 Å². The van der Waals surface area contributed by atoms with Crippen molar-refractivity contribution in [3.63, 3.8) is 0 Å². The van der Waals surface area contributed by atoms with Crippen LogP contribution >= 0.6 is 0 Å². The predicted molar refractivity (Wildman–Crippen MR) is 91.9 cm³/mol. The van der Waals surface area contributed by atoms with Crippen LogP contribution in [-0.4, -0.2) is 23.1 Å². The van der Waals surface area contributed by atoms with Gasteiger partial charge in [0.25, 0.3) is 0 Å². The van der Waals surface area contributed by atoms with Crippen molar-refractivity contribution in [2.75, 3.05) is 18.0 Å². The maximum Gasteiger partial charge on any atom is 0.159 e. The van der Waals surface area contributed by atoms with E-state index in [4.69, 9.17) is 0 Å². The summed E-state index contributed by atoms with van der Waals surface area (Å²) in [5, 5.41) is 0. The molecule has 0 aliphatic carbocycles. The Morgan fingerprint density at radius 2 is 1.59 bits per heavy atom. The van der Waals surface area contributed by atoms with Crippen molar-refractivity contribution in [2.45, 2.75) is 33.6 Å². The summed E-state index contributed by atoms with van der Waals surface area (Å²) < 4.78 is 0. The molecule has 0 N–H and O–H groups in total. The van der Waals surface area contributed by atoms with Crippen molar-refractivity contribution < 1.29 is 0 Å². The second-order valence-electron chi connectivity index (χ2n) is 6.92. The fraction of sp³-hybridized carbons (Fsp3) is 0.474. The highest BCUT2D eigenvalue weighted by Gasteiger charge is 2.32. The van der Waals surface area contributed by atoms with Gasteiger partial charge in [-0.1, -0.05) is 20.8 Å². The van der Waals surface area contributed by atoms with Crippen molar-refractivity contribution >= 4 is 5.69 Å². The van der Waals surface area contributed by atoms with Crippen molar-refractivity contribution in [1.29, 1.82) is 0 Å². The highest BCUT2D eigenvalue weighted by molar-refractivity contribution is 5.60. The Kier molecular flexibility index (Phi) is 4.14. The molecule has 3 rings (SSSR count). The van der Waals surface area contributed by atoms with Gasteiger partial charge in [-0.15, -0.1) is 0 Å². The van der Waals surface area contributed by atoms with Crippen LogP contribution in [0.5, 0.6) is 0 Å². The molecular formula is C19H25N3. The molecule has 1 saturated heterocycles. The van der Waals surface area contributed by atoms with E-state index in [1.54, 1.807) is 12.4 Å². The molecule has 0 atom stereocenters. The lowest BCUT2D eigenvalue weighted by atomic mass is 9.72. The molecule has 3 heteroatoms. The minimum Gasteiger partial charge on any atom is -0.371 e. The van der Waals surface area contributed by atoms with E-state index in [-0.39, 0.29) is 0 Å². The minimum atomic E-state index is 0.494. The van der Waals surface area contributed by atoms with E-state index in [1.165, 1.54) is 18.5 Å². The molecule has 1 aromatic heterocycles. The summed E-state index contributed by atoms with van der Waals surface area (Å²) in [4.78, 5) is 11.1. The molecule has 0 saturated carbocycles. The third-order valence-electron chi connectivity index (χ3n) is 5.36. The first-order chi connectivity index (χ1) is 10.6. The monoisotopic (exact) mass is 295 g/mol.